The number of aliphatic hydroxyl groups is 7. The van der Waals surface area contributed by atoms with Crippen LogP contribution in [0.4, 0.5) is 0 Å². The molecule has 12 nitrogen and oxygen atoms in total. The zero-order valence-electron chi connectivity index (χ0n) is 14.0. The van der Waals surface area contributed by atoms with E-state index < -0.39 is 80.5 Å². The van der Waals surface area contributed by atoms with Crippen LogP contribution in [-0.4, -0.2) is 116 Å². The molecule has 8 N–H and O–H groups in total. The number of aliphatic hydroxyl groups excluding tert-OH is 7. The first-order valence-corrected chi connectivity index (χ1v) is 8.06. The zero-order valence-corrected chi connectivity index (χ0v) is 14.0. The number of hydrogen-bond donors (Lipinski definition) is 8. The molecule has 0 aromatic carbocycles. The quantitative estimate of drug-likeness (QED) is 0.226. The summed E-state index contributed by atoms with van der Waals surface area (Å²) in [7, 11) is 0. The lowest BCUT2D eigenvalue weighted by molar-refractivity contribution is -0.345. The molecule has 26 heavy (non-hydrogen) atoms. The van der Waals surface area contributed by atoms with E-state index in [2.05, 4.69) is 5.32 Å². The fourth-order valence-electron chi connectivity index (χ4n) is 2.98. The highest BCUT2D eigenvalue weighted by Gasteiger charge is 2.50. The van der Waals surface area contributed by atoms with Gasteiger partial charge in [-0.15, -0.1) is 0 Å². The predicted octanol–water partition coefficient (Wildman–Crippen LogP) is -5.25. The van der Waals surface area contributed by atoms with Gasteiger partial charge in [0, 0.05) is 6.92 Å². The van der Waals surface area contributed by atoms with Crippen LogP contribution in [0, 0.1) is 0 Å². The van der Waals surface area contributed by atoms with Crippen LogP contribution < -0.4 is 5.32 Å². The van der Waals surface area contributed by atoms with Crippen molar-refractivity contribution in [1.29, 1.82) is 0 Å². The number of carbonyl (C=O) groups is 1. The summed E-state index contributed by atoms with van der Waals surface area (Å²) in [4.78, 5) is 11.2. The smallest absolute Gasteiger partial charge is 0.217 e. The molecule has 0 aromatic heterocycles. The molecule has 2 aliphatic rings. The molecule has 1 amide bonds. The van der Waals surface area contributed by atoms with Crippen molar-refractivity contribution in [2.75, 3.05) is 13.2 Å². The average molecular weight is 383 g/mol. The minimum atomic E-state index is -1.73. The number of hydrogen-bond acceptors (Lipinski definition) is 11. The highest BCUT2D eigenvalue weighted by Crippen LogP contribution is 2.28. The van der Waals surface area contributed by atoms with Gasteiger partial charge in [0.1, 0.15) is 48.8 Å². The van der Waals surface area contributed by atoms with Gasteiger partial charge >= 0.3 is 0 Å². The molecule has 2 aliphatic heterocycles. The summed E-state index contributed by atoms with van der Waals surface area (Å²) in [5.74, 6) is -0.564. The van der Waals surface area contributed by atoms with Crippen molar-refractivity contribution in [2.24, 2.45) is 0 Å². The van der Waals surface area contributed by atoms with E-state index in [4.69, 9.17) is 14.2 Å². The number of amides is 1. The summed E-state index contributed by atoms with van der Waals surface area (Å²) >= 11 is 0. The van der Waals surface area contributed by atoms with E-state index in [0.29, 0.717) is 0 Å². The van der Waals surface area contributed by atoms with Gasteiger partial charge in [-0.1, -0.05) is 0 Å². The van der Waals surface area contributed by atoms with Crippen LogP contribution in [0.1, 0.15) is 6.92 Å². The Bertz CT molecular complexity index is 478. The number of carbonyl (C=O) groups excluding carboxylic acids is 1. The van der Waals surface area contributed by atoms with Crippen molar-refractivity contribution in [3.8, 4) is 0 Å². The zero-order chi connectivity index (χ0) is 19.6. The van der Waals surface area contributed by atoms with Crippen molar-refractivity contribution in [1.82, 2.24) is 5.32 Å². The lowest BCUT2D eigenvalue weighted by atomic mass is 9.95. The molecule has 0 saturated carbocycles. The van der Waals surface area contributed by atoms with Crippen molar-refractivity contribution in [3.05, 3.63) is 0 Å². The molecule has 0 aliphatic carbocycles. The van der Waals surface area contributed by atoms with Crippen LogP contribution in [0.3, 0.4) is 0 Å². The largest absolute Gasteiger partial charge is 0.394 e. The van der Waals surface area contributed by atoms with Crippen LogP contribution in [0.15, 0.2) is 0 Å². The maximum atomic E-state index is 11.2. The minimum Gasteiger partial charge on any atom is -0.394 e. The molecule has 2 rings (SSSR count). The topological polar surface area (TPSA) is 198 Å². The Balaban J connectivity index is 2.16. The van der Waals surface area contributed by atoms with Gasteiger partial charge in [0.2, 0.25) is 5.91 Å². The first-order chi connectivity index (χ1) is 12.2. The van der Waals surface area contributed by atoms with E-state index in [0.717, 1.165) is 6.92 Å². The number of nitrogens with one attached hydrogen (secondary N) is 1. The second-order valence-corrected chi connectivity index (χ2v) is 6.26. The first kappa shape index (κ1) is 21.4. The van der Waals surface area contributed by atoms with Crippen molar-refractivity contribution in [3.63, 3.8) is 0 Å². The summed E-state index contributed by atoms with van der Waals surface area (Å²) in [6.07, 6.45) is -13.6. The molecular formula is C14H25NO11. The average Bonchev–Trinajstić information content (AvgIpc) is 2.60. The second kappa shape index (κ2) is 8.84. The van der Waals surface area contributed by atoms with Gasteiger partial charge in [0.25, 0.3) is 0 Å². The third-order valence-corrected chi connectivity index (χ3v) is 4.38. The van der Waals surface area contributed by atoms with Gasteiger partial charge in [-0.3, -0.25) is 4.79 Å². The van der Waals surface area contributed by atoms with E-state index in [1.807, 2.05) is 0 Å². The van der Waals surface area contributed by atoms with Crippen LogP contribution in [0.2, 0.25) is 0 Å². The Morgan fingerprint density at radius 3 is 2.08 bits per heavy atom. The van der Waals surface area contributed by atoms with Crippen LogP contribution >= 0.6 is 0 Å². The summed E-state index contributed by atoms with van der Waals surface area (Å²) < 4.78 is 15.7. The van der Waals surface area contributed by atoms with Gasteiger partial charge in [-0.2, -0.15) is 0 Å². The van der Waals surface area contributed by atoms with Gasteiger partial charge in [0.05, 0.1) is 13.2 Å². The van der Waals surface area contributed by atoms with Crippen molar-refractivity contribution >= 4 is 5.91 Å². The van der Waals surface area contributed by atoms with E-state index in [1.165, 1.54) is 0 Å². The molecule has 2 heterocycles. The highest BCUT2D eigenvalue weighted by molar-refractivity contribution is 5.73. The van der Waals surface area contributed by atoms with Crippen molar-refractivity contribution < 1.29 is 54.8 Å². The van der Waals surface area contributed by atoms with Gasteiger partial charge < -0.3 is 55.3 Å². The fraction of sp³-hybridized carbons (Fsp3) is 0.929. The monoisotopic (exact) mass is 383 g/mol. The summed E-state index contributed by atoms with van der Waals surface area (Å²) in [5.41, 5.74) is 0. The van der Waals surface area contributed by atoms with E-state index in [-0.39, 0.29) is 0 Å². The molecular weight excluding hydrogens is 358 g/mol. The summed E-state index contributed by atoms with van der Waals surface area (Å²) in [6, 6.07) is -1.29. The van der Waals surface area contributed by atoms with Crippen molar-refractivity contribution in [2.45, 2.75) is 68.3 Å². The molecule has 10 atom stereocenters. The first-order valence-electron chi connectivity index (χ1n) is 8.06. The molecule has 0 spiro atoms. The summed E-state index contributed by atoms with van der Waals surface area (Å²) in [5, 5.41) is 70.7. The Labute approximate surface area is 148 Å². The molecule has 4 unspecified atom stereocenters. The van der Waals surface area contributed by atoms with E-state index in [1.54, 1.807) is 0 Å². The molecule has 2 fully saturated rings. The molecule has 12 heteroatoms. The Kier molecular flexibility index (Phi) is 7.27. The Morgan fingerprint density at radius 2 is 1.54 bits per heavy atom. The third kappa shape index (κ3) is 4.31. The summed E-state index contributed by atoms with van der Waals surface area (Å²) in [6.45, 7) is -0.195. The standard InChI is InChI=1S/C14H25NO11/c1-4(18)15-7-9(20)12(6(3-17)24-13(7)23)26-14-11(22)10(21)8(19)5(2-16)25-14/h5-14,16-17,19-23H,2-3H2,1H3,(H,15,18)/t5?,6-,7?,8-,9?,10-,11?,12+,13+,14-/m0/s1. The Morgan fingerprint density at radius 1 is 0.923 bits per heavy atom. The lowest BCUT2D eigenvalue weighted by Crippen LogP contribution is -2.67. The normalized spacial score (nSPS) is 46.8. The van der Waals surface area contributed by atoms with Gasteiger partial charge in [-0.05, 0) is 0 Å². The predicted molar refractivity (Wildman–Crippen MR) is 80.2 cm³/mol. The molecule has 0 aromatic rings. The van der Waals surface area contributed by atoms with Crippen LogP contribution in [-0.2, 0) is 19.0 Å². The third-order valence-electron chi connectivity index (χ3n) is 4.38. The fourth-order valence-corrected chi connectivity index (χ4v) is 2.98. The second-order valence-electron chi connectivity index (χ2n) is 6.26. The lowest BCUT2D eigenvalue weighted by Gasteiger charge is -2.46. The molecule has 0 radical (unpaired) electrons. The van der Waals surface area contributed by atoms with E-state index >= 15 is 0 Å². The van der Waals surface area contributed by atoms with Crippen LogP contribution in [0.5, 0.6) is 0 Å². The van der Waals surface area contributed by atoms with Gasteiger partial charge in [-0.25, -0.2) is 0 Å². The Hall–Kier alpha value is -0.930. The highest BCUT2D eigenvalue weighted by atomic mass is 16.7. The SMILES string of the molecule is CC(=O)NC1C(O)[C@H](O[C@@H]2OC(CO)[C@H](O)[C@H](O)C2O)[C@H](CO)O[C@H]1O. The maximum absolute atomic E-state index is 11.2. The number of ether oxygens (including phenoxy) is 3. The van der Waals surface area contributed by atoms with Crippen LogP contribution in [0.25, 0.3) is 0 Å². The molecule has 2 saturated heterocycles. The maximum Gasteiger partial charge on any atom is 0.217 e. The molecule has 152 valence electrons. The molecule has 0 bridgehead atoms. The number of rotatable bonds is 5. The van der Waals surface area contributed by atoms with Gasteiger partial charge in [0.15, 0.2) is 12.6 Å². The minimum absolute atomic E-state index is 0.564. The van der Waals surface area contributed by atoms with E-state index in [9.17, 15) is 40.5 Å².